The van der Waals surface area contributed by atoms with Crippen LogP contribution in [0.5, 0.6) is 11.5 Å². The summed E-state index contributed by atoms with van der Waals surface area (Å²) < 4.78 is 6.38. The number of fused-ring (bicyclic) bond motifs is 1. The standard InChI is InChI=1S/C27H42O2/c1-6-7-8-9-10-11-12-19(3)20(4)22-16-24(28)27-21(5)23-14-13-18(2)15-25(23)29-26(27)17-22/h16-21,28H,6-15H2,1-5H3. The van der Waals surface area contributed by atoms with Gasteiger partial charge in [0.2, 0.25) is 0 Å². The third-order valence-corrected chi connectivity index (χ3v) is 7.52. The van der Waals surface area contributed by atoms with Gasteiger partial charge in [-0.25, -0.2) is 0 Å². The highest BCUT2D eigenvalue weighted by molar-refractivity contribution is 5.55. The summed E-state index contributed by atoms with van der Waals surface area (Å²) in [5.41, 5.74) is 3.63. The van der Waals surface area contributed by atoms with Gasteiger partial charge in [-0.1, -0.05) is 79.6 Å². The highest BCUT2D eigenvalue weighted by atomic mass is 16.5. The van der Waals surface area contributed by atoms with Crippen molar-refractivity contribution in [2.45, 2.75) is 111 Å². The molecule has 0 saturated carbocycles. The summed E-state index contributed by atoms with van der Waals surface area (Å²) in [7, 11) is 0. The highest BCUT2D eigenvalue weighted by Crippen LogP contribution is 2.50. The van der Waals surface area contributed by atoms with Gasteiger partial charge in [0.15, 0.2) is 0 Å². The molecule has 0 aromatic heterocycles. The first-order valence-electron chi connectivity index (χ1n) is 12.2. The van der Waals surface area contributed by atoms with E-state index < -0.39 is 0 Å². The summed E-state index contributed by atoms with van der Waals surface area (Å²) in [4.78, 5) is 0. The minimum absolute atomic E-state index is 0.270. The van der Waals surface area contributed by atoms with E-state index in [1.54, 1.807) is 0 Å². The molecular weight excluding hydrogens is 356 g/mol. The maximum Gasteiger partial charge on any atom is 0.134 e. The SMILES string of the molecule is CCCCCCCCC(C)C(C)c1cc(O)c2c(c1)OC1=C(CCC(C)C1)C2C. The molecule has 0 saturated heterocycles. The van der Waals surface area contributed by atoms with Crippen LogP contribution in [0.15, 0.2) is 23.5 Å². The molecule has 0 spiro atoms. The number of hydrogen-bond acceptors (Lipinski definition) is 2. The van der Waals surface area contributed by atoms with Gasteiger partial charge in [-0.3, -0.25) is 0 Å². The maximum atomic E-state index is 10.9. The second-order valence-corrected chi connectivity index (χ2v) is 9.89. The van der Waals surface area contributed by atoms with Crippen LogP contribution in [0.25, 0.3) is 0 Å². The van der Waals surface area contributed by atoms with Crippen LogP contribution in [-0.2, 0) is 0 Å². The Hall–Kier alpha value is -1.44. The van der Waals surface area contributed by atoms with Gasteiger partial charge in [-0.2, -0.15) is 0 Å². The van der Waals surface area contributed by atoms with Crippen LogP contribution in [0, 0.1) is 11.8 Å². The molecule has 1 aliphatic heterocycles. The average Bonchev–Trinajstić information content (AvgIpc) is 2.69. The molecule has 1 N–H and O–H groups in total. The molecule has 2 heteroatoms. The quantitative estimate of drug-likeness (QED) is 0.423. The molecule has 1 heterocycles. The largest absolute Gasteiger partial charge is 0.507 e. The number of rotatable bonds is 9. The number of aromatic hydroxyl groups is 1. The van der Waals surface area contributed by atoms with Gasteiger partial charge in [0, 0.05) is 17.9 Å². The molecule has 4 atom stereocenters. The molecule has 29 heavy (non-hydrogen) atoms. The van der Waals surface area contributed by atoms with E-state index in [4.69, 9.17) is 4.74 Å². The van der Waals surface area contributed by atoms with Gasteiger partial charge < -0.3 is 9.84 Å². The van der Waals surface area contributed by atoms with Gasteiger partial charge in [0.25, 0.3) is 0 Å². The number of ether oxygens (including phenoxy) is 1. The molecule has 162 valence electrons. The molecule has 0 fully saturated rings. The zero-order valence-electron chi connectivity index (χ0n) is 19.4. The Labute approximate surface area is 178 Å². The van der Waals surface area contributed by atoms with Gasteiger partial charge in [-0.15, -0.1) is 0 Å². The average molecular weight is 399 g/mol. The number of hydrogen-bond donors (Lipinski definition) is 1. The van der Waals surface area contributed by atoms with Crippen LogP contribution in [0.2, 0.25) is 0 Å². The normalized spacial score (nSPS) is 23.2. The van der Waals surface area contributed by atoms with Gasteiger partial charge in [0.05, 0.1) is 0 Å². The fourth-order valence-electron chi connectivity index (χ4n) is 5.20. The van der Waals surface area contributed by atoms with Crippen LogP contribution < -0.4 is 4.74 Å². The number of phenolic OH excluding ortho intramolecular Hbond substituents is 1. The maximum absolute atomic E-state index is 10.9. The van der Waals surface area contributed by atoms with E-state index in [9.17, 15) is 5.11 Å². The highest BCUT2D eigenvalue weighted by Gasteiger charge is 2.33. The van der Waals surface area contributed by atoms with E-state index in [0.717, 1.165) is 24.2 Å². The van der Waals surface area contributed by atoms with E-state index in [0.29, 0.717) is 23.5 Å². The lowest BCUT2D eigenvalue weighted by Gasteiger charge is -2.34. The summed E-state index contributed by atoms with van der Waals surface area (Å²) in [6.07, 6.45) is 12.7. The van der Waals surface area contributed by atoms with E-state index in [1.165, 1.54) is 68.3 Å². The van der Waals surface area contributed by atoms with Gasteiger partial charge >= 0.3 is 0 Å². The van der Waals surface area contributed by atoms with Crippen molar-refractivity contribution >= 4 is 0 Å². The predicted molar refractivity (Wildman–Crippen MR) is 123 cm³/mol. The first kappa shape index (κ1) is 22.2. The molecule has 3 rings (SSSR count). The van der Waals surface area contributed by atoms with E-state index in [1.807, 2.05) is 6.07 Å². The molecule has 1 aliphatic carbocycles. The second-order valence-electron chi connectivity index (χ2n) is 9.89. The fourth-order valence-corrected chi connectivity index (χ4v) is 5.20. The molecule has 2 nitrogen and oxygen atoms in total. The van der Waals surface area contributed by atoms with Crippen molar-refractivity contribution in [1.82, 2.24) is 0 Å². The number of phenols is 1. The lowest BCUT2D eigenvalue weighted by Crippen LogP contribution is -2.20. The Kier molecular flexibility index (Phi) is 7.71. The van der Waals surface area contributed by atoms with Crippen molar-refractivity contribution in [3.05, 3.63) is 34.6 Å². The minimum Gasteiger partial charge on any atom is -0.507 e. The van der Waals surface area contributed by atoms with Crippen molar-refractivity contribution < 1.29 is 9.84 Å². The Morgan fingerprint density at radius 3 is 2.55 bits per heavy atom. The molecule has 0 amide bonds. The first-order valence-corrected chi connectivity index (χ1v) is 12.2. The molecule has 1 aromatic rings. The monoisotopic (exact) mass is 398 g/mol. The molecular formula is C27H42O2. The van der Waals surface area contributed by atoms with Crippen molar-refractivity contribution in [3.63, 3.8) is 0 Å². The summed E-state index contributed by atoms with van der Waals surface area (Å²) in [5.74, 6) is 4.51. The number of unbranched alkanes of at least 4 members (excludes halogenated alkanes) is 5. The Morgan fingerprint density at radius 1 is 1.07 bits per heavy atom. The molecule has 0 radical (unpaired) electrons. The smallest absolute Gasteiger partial charge is 0.134 e. The van der Waals surface area contributed by atoms with E-state index in [-0.39, 0.29) is 5.92 Å². The molecule has 2 aliphatic rings. The summed E-state index contributed by atoms with van der Waals surface area (Å²) in [6.45, 7) is 11.5. The first-order chi connectivity index (χ1) is 13.9. The van der Waals surface area contributed by atoms with Crippen LogP contribution in [0.3, 0.4) is 0 Å². The Balaban J connectivity index is 1.67. The topological polar surface area (TPSA) is 29.5 Å². The van der Waals surface area contributed by atoms with Crippen LogP contribution >= 0.6 is 0 Å². The fraction of sp³-hybridized carbons (Fsp3) is 0.704. The van der Waals surface area contributed by atoms with Crippen LogP contribution in [0.1, 0.15) is 122 Å². The molecule has 4 unspecified atom stereocenters. The predicted octanol–water partition coefficient (Wildman–Crippen LogP) is 8.45. The Bertz CT molecular complexity index is 717. The van der Waals surface area contributed by atoms with Crippen molar-refractivity contribution in [2.75, 3.05) is 0 Å². The van der Waals surface area contributed by atoms with Crippen LogP contribution in [0.4, 0.5) is 0 Å². The third-order valence-electron chi connectivity index (χ3n) is 7.52. The summed E-state index contributed by atoms with van der Waals surface area (Å²) in [6, 6.07) is 4.23. The second kappa shape index (κ2) is 10.0. The molecule has 1 aromatic carbocycles. The van der Waals surface area contributed by atoms with Crippen molar-refractivity contribution in [2.24, 2.45) is 11.8 Å². The lowest BCUT2D eigenvalue weighted by atomic mass is 9.78. The van der Waals surface area contributed by atoms with Crippen molar-refractivity contribution in [1.29, 1.82) is 0 Å². The summed E-state index contributed by atoms with van der Waals surface area (Å²) >= 11 is 0. The number of allylic oxidation sites excluding steroid dienone is 2. The van der Waals surface area contributed by atoms with Gasteiger partial charge in [-0.05, 0) is 53.9 Å². The van der Waals surface area contributed by atoms with Gasteiger partial charge in [0.1, 0.15) is 17.3 Å². The Morgan fingerprint density at radius 2 is 1.79 bits per heavy atom. The zero-order valence-corrected chi connectivity index (χ0v) is 19.4. The van der Waals surface area contributed by atoms with Crippen molar-refractivity contribution in [3.8, 4) is 11.5 Å². The zero-order chi connectivity index (χ0) is 21.0. The van der Waals surface area contributed by atoms with E-state index >= 15 is 0 Å². The summed E-state index contributed by atoms with van der Waals surface area (Å²) in [5, 5.41) is 10.9. The molecule has 0 bridgehead atoms. The third kappa shape index (κ3) is 5.19. The van der Waals surface area contributed by atoms with Crippen LogP contribution in [-0.4, -0.2) is 5.11 Å². The minimum atomic E-state index is 0.270. The lowest BCUT2D eigenvalue weighted by molar-refractivity contribution is 0.307. The number of benzene rings is 1. The van der Waals surface area contributed by atoms with E-state index in [2.05, 4.69) is 40.7 Å².